The van der Waals surface area contributed by atoms with E-state index >= 15 is 0 Å². The summed E-state index contributed by atoms with van der Waals surface area (Å²) >= 11 is 0. The van der Waals surface area contributed by atoms with Gasteiger partial charge in [-0.2, -0.15) is 0 Å². The number of hydrogen-bond acceptors (Lipinski definition) is 2. The molecule has 0 aromatic carbocycles. The van der Waals surface area contributed by atoms with E-state index in [0.717, 1.165) is 25.3 Å². The molecule has 0 rings (SSSR count). The van der Waals surface area contributed by atoms with Crippen LogP contribution in [0.3, 0.4) is 0 Å². The Labute approximate surface area is 218 Å². The van der Waals surface area contributed by atoms with Crippen LogP contribution in [-0.2, 0) is 8.85 Å². The summed E-state index contributed by atoms with van der Waals surface area (Å²) in [5.41, 5.74) is 0. The third kappa shape index (κ3) is 22.6. The molecule has 0 N–H and O–H groups in total. The van der Waals surface area contributed by atoms with Crippen molar-refractivity contribution in [3.63, 3.8) is 0 Å². The lowest BCUT2D eigenvalue weighted by Gasteiger charge is -2.29. The van der Waals surface area contributed by atoms with Crippen LogP contribution in [0.5, 0.6) is 0 Å². The molecule has 0 aliphatic heterocycles. The number of hydrogen-bond donors (Lipinski definition) is 0. The minimum Gasteiger partial charge on any atom is -0.394 e. The van der Waals surface area contributed by atoms with Crippen molar-refractivity contribution in [3.8, 4) is 0 Å². The summed E-state index contributed by atoms with van der Waals surface area (Å²) in [7, 11) is -1.94. The van der Waals surface area contributed by atoms with Crippen LogP contribution >= 0.6 is 0 Å². The second-order valence-electron chi connectivity index (χ2n) is 10.7. The van der Waals surface area contributed by atoms with E-state index in [1.54, 1.807) is 0 Å². The molecule has 0 atom stereocenters. The fraction of sp³-hybridized carbons (Fsp3) is 1.00. The van der Waals surface area contributed by atoms with E-state index in [4.69, 9.17) is 8.85 Å². The average Bonchev–Trinajstić information content (AvgIpc) is 2.86. The second kappa shape index (κ2) is 27.7. The van der Waals surface area contributed by atoms with Gasteiger partial charge in [0.25, 0.3) is 0 Å². The SMILES string of the molecule is CCCCCCCCCCCCCCCCCO[Si](CC)(CC)OCCCCCCCCCC. The minimum absolute atomic E-state index is 0.918. The Morgan fingerprint density at radius 2 is 0.559 bits per heavy atom. The molecule has 0 amide bonds. The summed E-state index contributed by atoms with van der Waals surface area (Å²) in [4.78, 5) is 0. The monoisotopic (exact) mass is 498 g/mol. The fourth-order valence-electron chi connectivity index (χ4n) is 4.93. The summed E-state index contributed by atoms with van der Waals surface area (Å²) in [5, 5.41) is 0. The highest BCUT2D eigenvalue weighted by Crippen LogP contribution is 2.21. The van der Waals surface area contributed by atoms with Crippen LogP contribution in [-0.4, -0.2) is 21.8 Å². The first-order chi connectivity index (χ1) is 16.7. The van der Waals surface area contributed by atoms with Crippen molar-refractivity contribution < 1.29 is 8.85 Å². The largest absolute Gasteiger partial charge is 0.394 e. The second-order valence-corrected chi connectivity index (χ2v) is 14.6. The van der Waals surface area contributed by atoms with E-state index in [-0.39, 0.29) is 0 Å². The molecule has 0 spiro atoms. The first-order valence-electron chi connectivity index (χ1n) is 16.0. The Balaban J connectivity index is 3.52. The highest BCUT2D eigenvalue weighted by atomic mass is 28.4. The zero-order chi connectivity index (χ0) is 25.0. The van der Waals surface area contributed by atoms with Gasteiger partial charge in [-0.1, -0.05) is 163 Å². The molecule has 0 heterocycles. The molecule has 0 aliphatic carbocycles. The molecule has 0 fully saturated rings. The van der Waals surface area contributed by atoms with Crippen molar-refractivity contribution in [2.45, 2.75) is 187 Å². The van der Waals surface area contributed by atoms with E-state index in [2.05, 4.69) is 27.7 Å². The van der Waals surface area contributed by atoms with Crippen LogP contribution in [0.4, 0.5) is 0 Å². The lowest BCUT2D eigenvalue weighted by Crippen LogP contribution is -2.41. The van der Waals surface area contributed by atoms with Crippen LogP contribution in [0.25, 0.3) is 0 Å². The predicted molar refractivity (Wildman–Crippen MR) is 156 cm³/mol. The molecule has 0 aliphatic rings. The third-order valence-corrected chi connectivity index (χ3v) is 11.2. The van der Waals surface area contributed by atoms with Crippen molar-refractivity contribution in [2.24, 2.45) is 0 Å². The van der Waals surface area contributed by atoms with E-state index < -0.39 is 8.56 Å². The molecular weight excluding hydrogens is 432 g/mol. The van der Waals surface area contributed by atoms with Gasteiger partial charge in [0, 0.05) is 13.2 Å². The van der Waals surface area contributed by atoms with Crippen molar-refractivity contribution in [1.82, 2.24) is 0 Å². The van der Waals surface area contributed by atoms with Crippen LogP contribution < -0.4 is 0 Å². The number of unbranched alkanes of at least 4 members (excludes halogenated alkanes) is 21. The third-order valence-electron chi connectivity index (χ3n) is 7.55. The molecule has 0 aromatic rings. The molecular formula is C31H66O2Si. The lowest BCUT2D eigenvalue weighted by atomic mass is 10.0. The van der Waals surface area contributed by atoms with Crippen LogP contribution in [0, 0.1) is 0 Å². The van der Waals surface area contributed by atoms with Crippen LogP contribution in [0.1, 0.15) is 175 Å². The lowest BCUT2D eigenvalue weighted by molar-refractivity contribution is 0.163. The maximum Gasteiger partial charge on any atom is 0.337 e. The van der Waals surface area contributed by atoms with Gasteiger partial charge in [-0.05, 0) is 24.9 Å². The fourth-order valence-corrected chi connectivity index (χ4v) is 7.36. The quantitative estimate of drug-likeness (QED) is 0.0753. The van der Waals surface area contributed by atoms with Gasteiger partial charge in [0.15, 0.2) is 0 Å². The van der Waals surface area contributed by atoms with Crippen LogP contribution in [0.2, 0.25) is 12.1 Å². The first kappa shape index (κ1) is 34.1. The normalized spacial score (nSPS) is 12.0. The zero-order valence-corrected chi connectivity index (χ0v) is 25.4. The highest BCUT2D eigenvalue weighted by Gasteiger charge is 2.33. The maximum absolute atomic E-state index is 6.43. The van der Waals surface area contributed by atoms with Crippen molar-refractivity contribution in [3.05, 3.63) is 0 Å². The Morgan fingerprint density at radius 1 is 0.324 bits per heavy atom. The van der Waals surface area contributed by atoms with Crippen LogP contribution in [0.15, 0.2) is 0 Å². The van der Waals surface area contributed by atoms with E-state index in [1.165, 1.54) is 148 Å². The van der Waals surface area contributed by atoms with Gasteiger partial charge in [0.1, 0.15) is 0 Å². The Kier molecular flexibility index (Phi) is 27.8. The zero-order valence-electron chi connectivity index (χ0n) is 24.4. The molecule has 0 saturated heterocycles. The van der Waals surface area contributed by atoms with Crippen molar-refractivity contribution in [2.75, 3.05) is 13.2 Å². The summed E-state index contributed by atoms with van der Waals surface area (Å²) in [6.45, 7) is 11.0. The van der Waals surface area contributed by atoms with E-state index in [9.17, 15) is 0 Å². The standard InChI is InChI=1S/C31H66O2Si/c1-5-9-11-13-15-17-18-19-20-21-22-23-25-27-29-31-33-34(7-3,8-4)32-30-28-26-24-16-14-12-10-6-2/h5-31H2,1-4H3. The van der Waals surface area contributed by atoms with Gasteiger partial charge in [-0.25, -0.2) is 0 Å². The molecule has 206 valence electrons. The number of rotatable bonds is 29. The Hall–Kier alpha value is 0.137. The van der Waals surface area contributed by atoms with E-state index in [1.807, 2.05) is 0 Å². The van der Waals surface area contributed by atoms with Crippen molar-refractivity contribution in [1.29, 1.82) is 0 Å². The average molecular weight is 499 g/mol. The van der Waals surface area contributed by atoms with Gasteiger partial charge >= 0.3 is 8.56 Å². The van der Waals surface area contributed by atoms with Gasteiger partial charge in [0.05, 0.1) is 0 Å². The predicted octanol–water partition coefficient (Wildman–Crippen LogP) is 11.5. The molecule has 2 nitrogen and oxygen atoms in total. The maximum atomic E-state index is 6.43. The Morgan fingerprint density at radius 3 is 0.794 bits per heavy atom. The molecule has 0 unspecified atom stereocenters. The van der Waals surface area contributed by atoms with Gasteiger partial charge in [-0.15, -0.1) is 0 Å². The molecule has 34 heavy (non-hydrogen) atoms. The van der Waals surface area contributed by atoms with E-state index in [0.29, 0.717) is 0 Å². The minimum atomic E-state index is -1.94. The van der Waals surface area contributed by atoms with Gasteiger partial charge in [-0.3, -0.25) is 0 Å². The van der Waals surface area contributed by atoms with Crippen molar-refractivity contribution >= 4 is 8.56 Å². The topological polar surface area (TPSA) is 18.5 Å². The molecule has 0 radical (unpaired) electrons. The highest BCUT2D eigenvalue weighted by molar-refractivity contribution is 6.67. The van der Waals surface area contributed by atoms with Gasteiger partial charge < -0.3 is 8.85 Å². The summed E-state index contributed by atoms with van der Waals surface area (Å²) in [6, 6.07) is 2.19. The smallest absolute Gasteiger partial charge is 0.337 e. The molecule has 3 heteroatoms. The summed E-state index contributed by atoms with van der Waals surface area (Å²) < 4.78 is 12.8. The Bertz CT molecular complexity index is 370. The summed E-state index contributed by atoms with van der Waals surface area (Å²) in [5.74, 6) is 0. The molecule has 0 aromatic heterocycles. The molecule has 0 bridgehead atoms. The summed E-state index contributed by atoms with van der Waals surface area (Å²) in [6.07, 6.45) is 32.1. The molecule has 0 saturated carbocycles. The first-order valence-corrected chi connectivity index (χ1v) is 18.3. The van der Waals surface area contributed by atoms with Gasteiger partial charge in [0.2, 0.25) is 0 Å².